The van der Waals surface area contributed by atoms with Crippen LogP contribution >= 0.6 is 11.3 Å². The molecule has 29 heavy (non-hydrogen) atoms. The highest BCUT2D eigenvalue weighted by molar-refractivity contribution is 7.21. The predicted octanol–water partition coefficient (Wildman–Crippen LogP) is 4.26. The van der Waals surface area contributed by atoms with E-state index in [0.29, 0.717) is 5.69 Å². The van der Waals surface area contributed by atoms with Crippen molar-refractivity contribution in [3.63, 3.8) is 0 Å². The molecule has 0 aliphatic carbocycles. The molecule has 4 rings (SSSR count). The quantitative estimate of drug-likeness (QED) is 0.507. The van der Waals surface area contributed by atoms with Crippen molar-refractivity contribution in [1.29, 1.82) is 0 Å². The standard InChI is InChI=1S/C23H19N3O2S/c27-21(14-16-6-2-1-3-7-16)24-15-22(28)25-18-12-10-17(11-13-18)23-26-19-8-4-5-9-20(19)29-23/h1-13H,14-15H2,(H,24,27)(H,25,28). The Balaban J connectivity index is 1.31. The molecule has 1 aromatic heterocycles. The molecule has 0 fully saturated rings. The number of anilines is 1. The first kappa shape index (κ1) is 18.8. The zero-order chi connectivity index (χ0) is 20.1. The van der Waals surface area contributed by atoms with E-state index in [4.69, 9.17) is 0 Å². The molecule has 3 aromatic carbocycles. The summed E-state index contributed by atoms with van der Waals surface area (Å²) in [6, 6.07) is 25.0. The average molecular weight is 401 g/mol. The Morgan fingerprint density at radius 2 is 1.55 bits per heavy atom. The Kier molecular flexibility index (Phi) is 5.63. The Hall–Kier alpha value is -3.51. The van der Waals surface area contributed by atoms with Crippen LogP contribution < -0.4 is 10.6 Å². The van der Waals surface area contributed by atoms with E-state index in [0.717, 1.165) is 26.4 Å². The molecular weight excluding hydrogens is 382 g/mol. The lowest BCUT2D eigenvalue weighted by molar-refractivity contribution is -0.123. The summed E-state index contributed by atoms with van der Waals surface area (Å²) in [6.07, 6.45) is 0.255. The third-order valence-electron chi connectivity index (χ3n) is 4.36. The van der Waals surface area contributed by atoms with Gasteiger partial charge in [-0.15, -0.1) is 11.3 Å². The number of amides is 2. The number of aromatic nitrogens is 1. The van der Waals surface area contributed by atoms with Crippen molar-refractivity contribution < 1.29 is 9.59 Å². The molecular formula is C23H19N3O2S. The number of nitrogens with zero attached hydrogens (tertiary/aromatic N) is 1. The second kappa shape index (κ2) is 8.67. The SMILES string of the molecule is O=C(Cc1ccccc1)NCC(=O)Nc1ccc(-c2nc3ccccc3s2)cc1. The van der Waals surface area contributed by atoms with Gasteiger partial charge in [0.2, 0.25) is 11.8 Å². The fourth-order valence-electron chi connectivity index (χ4n) is 2.92. The first-order valence-electron chi connectivity index (χ1n) is 9.24. The summed E-state index contributed by atoms with van der Waals surface area (Å²) >= 11 is 1.64. The topological polar surface area (TPSA) is 71.1 Å². The minimum absolute atomic E-state index is 0.0642. The smallest absolute Gasteiger partial charge is 0.243 e. The lowest BCUT2D eigenvalue weighted by atomic mass is 10.1. The number of nitrogens with one attached hydrogen (secondary N) is 2. The van der Waals surface area contributed by atoms with Crippen molar-refractivity contribution in [3.8, 4) is 10.6 Å². The number of hydrogen-bond acceptors (Lipinski definition) is 4. The van der Waals surface area contributed by atoms with Crippen LogP contribution in [-0.4, -0.2) is 23.3 Å². The van der Waals surface area contributed by atoms with E-state index in [1.807, 2.05) is 72.8 Å². The fraction of sp³-hybridized carbons (Fsp3) is 0.0870. The molecule has 0 bridgehead atoms. The predicted molar refractivity (Wildman–Crippen MR) is 117 cm³/mol. The molecule has 0 radical (unpaired) electrons. The van der Waals surface area contributed by atoms with E-state index < -0.39 is 0 Å². The van der Waals surface area contributed by atoms with E-state index in [1.165, 1.54) is 0 Å². The maximum atomic E-state index is 12.1. The van der Waals surface area contributed by atoms with E-state index in [9.17, 15) is 9.59 Å². The molecule has 0 atom stereocenters. The molecule has 0 saturated carbocycles. The van der Waals surface area contributed by atoms with Crippen molar-refractivity contribution in [2.45, 2.75) is 6.42 Å². The van der Waals surface area contributed by atoms with Gasteiger partial charge in [0, 0.05) is 11.3 Å². The fourth-order valence-corrected chi connectivity index (χ4v) is 3.89. The van der Waals surface area contributed by atoms with Gasteiger partial charge in [0.05, 0.1) is 23.2 Å². The van der Waals surface area contributed by atoms with Gasteiger partial charge in [0.25, 0.3) is 0 Å². The largest absolute Gasteiger partial charge is 0.347 e. The number of carbonyl (C=O) groups excluding carboxylic acids is 2. The number of para-hydroxylation sites is 1. The summed E-state index contributed by atoms with van der Waals surface area (Å²) in [6.45, 7) is -0.0642. The van der Waals surface area contributed by atoms with Crippen molar-refractivity contribution in [3.05, 3.63) is 84.4 Å². The average Bonchev–Trinajstić information content (AvgIpc) is 3.18. The molecule has 144 valence electrons. The van der Waals surface area contributed by atoms with E-state index in [2.05, 4.69) is 21.7 Å². The van der Waals surface area contributed by atoms with Gasteiger partial charge in [-0.1, -0.05) is 42.5 Å². The van der Waals surface area contributed by atoms with Crippen LogP contribution in [0.3, 0.4) is 0 Å². The van der Waals surface area contributed by atoms with E-state index in [1.54, 1.807) is 11.3 Å². The van der Waals surface area contributed by atoms with Gasteiger partial charge >= 0.3 is 0 Å². The molecule has 0 spiro atoms. The van der Waals surface area contributed by atoms with Gasteiger partial charge < -0.3 is 10.6 Å². The van der Waals surface area contributed by atoms with Crippen LogP contribution in [0.4, 0.5) is 5.69 Å². The molecule has 6 heteroatoms. The summed E-state index contributed by atoms with van der Waals surface area (Å²) in [5, 5.41) is 6.38. The summed E-state index contributed by atoms with van der Waals surface area (Å²) in [5.41, 5.74) is 3.57. The number of fused-ring (bicyclic) bond motifs is 1. The van der Waals surface area contributed by atoms with Crippen LogP contribution in [0.1, 0.15) is 5.56 Å². The minimum Gasteiger partial charge on any atom is -0.347 e. The summed E-state index contributed by atoms with van der Waals surface area (Å²) in [5.74, 6) is -0.448. The van der Waals surface area contributed by atoms with Crippen molar-refractivity contribution in [2.24, 2.45) is 0 Å². The van der Waals surface area contributed by atoms with Gasteiger partial charge in [-0.05, 0) is 42.0 Å². The number of hydrogen-bond donors (Lipinski definition) is 2. The van der Waals surface area contributed by atoms with Crippen molar-refractivity contribution in [1.82, 2.24) is 10.3 Å². The van der Waals surface area contributed by atoms with Crippen molar-refractivity contribution >= 4 is 39.1 Å². The number of rotatable bonds is 6. The second-order valence-electron chi connectivity index (χ2n) is 6.55. The molecule has 2 amide bonds. The molecule has 0 aliphatic heterocycles. The zero-order valence-electron chi connectivity index (χ0n) is 15.6. The Morgan fingerprint density at radius 1 is 0.828 bits per heavy atom. The molecule has 0 unspecified atom stereocenters. The summed E-state index contributed by atoms with van der Waals surface area (Å²) in [4.78, 5) is 28.7. The van der Waals surface area contributed by atoms with Crippen LogP contribution in [-0.2, 0) is 16.0 Å². The number of benzene rings is 3. The molecule has 0 saturated heterocycles. The first-order valence-corrected chi connectivity index (χ1v) is 10.1. The first-order chi connectivity index (χ1) is 14.2. The van der Waals surface area contributed by atoms with Crippen LogP contribution in [0.15, 0.2) is 78.9 Å². The van der Waals surface area contributed by atoms with E-state index >= 15 is 0 Å². The van der Waals surface area contributed by atoms with Gasteiger partial charge in [-0.25, -0.2) is 4.98 Å². The molecule has 1 heterocycles. The molecule has 4 aromatic rings. The molecule has 5 nitrogen and oxygen atoms in total. The third kappa shape index (κ3) is 4.86. The Bertz CT molecular complexity index is 1100. The summed E-state index contributed by atoms with van der Waals surface area (Å²) < 4.78 is 1.14. The lowest BCUT2D eigenvalue weighted by Crippen LogP contribution is -2.33. The summed E-state index contributed by atoms with van der Waals surface area (Å²) in [7, 11) is 0. The normalized spacial score (nSPS) is 10.6. The van der Waals surface area contributed by atoms with Crippen LogP contribution in [0.2, 0.25) is 0 Å². The zero-order valence-corrected chi connectivity index (χ0v) is 16.4. The van der Waals surface area contributed by atoms with Gasteiger partial charge in [-0.2, -0.15) is 0 Å². The highest BCUT2D eigenvalue weighted by Gasteiger charge is 2.09. The van der Waals surface area contributed by atoms with Gasteiger partial charge in [0.15, 0.2) is 0 Å². The van der Waals surface area contributed by atoms with Crippen LogP contribution in [0, 0.1) is 0 Å². The van der Waals surface area contributed by atoms with Crippen LogP contribution in [0.25, 0.3) is 20.8 Å². The highest BCUT2D eigenvalue weighted by atomic mass is 32.1. The maximum Gasteiger partial charge on any atom is 0.243 e. The molecule has 0 aliphatic rings. The van der Waals surface area contributed by atoms with Crippen molar-refractivity contribution in [2.75, 3.05) is 11.9 Å². The number of thiazole rings is 1. The Morgan fingerprint density at radius 3 is 2.31 bits per heavy atom. The number of carbonyl (C=O) groups is 2. The van der Waals surface area contributed by atoms with E-state index in [-0.39, 0.29) is 24.8 Å². The molecule has 2 N–H and O–H groups in total. The van der Waals surface area contributed by atoms with Gasteiger partial charge in [-0.3, -0.25) is 9.59 Å². The highest BCUT2D eigenvalue weighted by Crippen LogP contribution is 2.30. The minimum atomic E-state index is -0.265. The monoisotopic (exact) mass is 401 g/mol. The third-order valence-corrected chi connectivity index (χ3v) is 5.45. The second-order valence-corrected chi connectivity index (χ2v) is 7.58. The van der Waals surface area contributed by atoms with Crippen LogP contribution in [0.5, 0.6) is 0 Å². The lowest BCUT2D eigenvalue weighted by Gasteiger charge is -2.07. The van der Waals surface area contributed by atoms with Gasteiger partial charge in [0.1, 0.15) is 5.01 Å². The Labute approximate surface area is 172 Å². The maximum absolute atomic E-state index is 12.1.